The molecule has 0 radical (unpaired) electrons. The number of anilines is 2. The lowest BCUT2D eigenvalue weighted by Crippen LogP contribution is -2.33. The molecule has 1 aromatic carbocycles. The predicted molar refractivity (Wildman–Crippen MR) is 92.8 cm³/mol. The van der Waals surface area contributed by atoms with E-state index in [1.165, 1.54) is 6.20 Å². The van der Waals surface area contributed by atoms with Crippen molar-refractivity contribution in [3.05, 3.63) is 30.6 Å². The van der Waals surface area contributed by atoms with Gasteiger partial charge in [0.1, 0.15) is 17.4 Å². The van der Waals surface area contributed by atoms with Gasteiger partial charge in [0.05, 0.1) is 5.69 Å². The highest BCUT2D eigenvalue weighted by Gasteiger charge is 2.36. The average Bonchev–Trinajstić information content (AvgIpc) is 3.03. The Balaban J connectivity index is 1.96. The number of halogens is 3. The van der Waals surface area contributed by atoms with E-state index in [-0.39, 0.29) is 5.95 Å². The Labute approximate surface area is 146 Å². The van der Waals surface area contributed by atoms with Gasteiger partial charge in [-0.15, -0.1) is 0 Å². The first-order chi connectivity index (χ1) is 12.3. The van der Waals surface area contributed by atoms with Crippen LogP contribution >= 0.6 is 0 Å². The number of hydrogen-bond donors (Lipinski definition) is 4. The smallest absolute Gasteiger partial charge is 0.386 e. The number of nitrogens with zero attached hydrogens (tertiary/aromatic N) is 3. The molecule has 0 saturated heterocycles. The maximum atomic E-state index is 12.7. The Morgan fingerprint density at radius 1 is 1.31 bits per heavy atom. The van der Waals surface area contributed by atoms with Gasteiger partial charge in [-0.25, -0.2) is 10.5 Å². The van der Waals surface area contributed by atoms with Crippen LogP contribution in [0.2, 0.25) is 0 Å². The highest BCUT2D eigenvalue weighted by atomic mass is 19.4. The zero-order valence-corrected chi connectivity index (χ0v) is 13.9. The highest BCUT2D eigenvalue weighted by Crippen LogP contribution is 2.34. The molecule has 10 heteroatoms. The minimum atomic E-state index is -4.38. The Morgan fingerprint density at radius 2 is 2.08 bits per heavy atom. The van der Waals surface area contributed by atoms with E-state index in [1.54, 1.807) is 25.4 Å². The van der Waals surface area contributed by atoms with Crippen molar-refractivity contribution in [3.63, 3.8) is 0 Å². The molecule has 3 rings (SSSR count). The quantitative estimate of drug-likeness (QED) is 0.494. The molecule has 26 heavy (non-hydrogen) atoms. The first kappa shape index (κ1) is 17.6. The number of aromatic amines is 1. The molecule has 1 atom stereocenters. The summed E-state index contributed by atoms with van der Waals surface area (Å²) in [4.78, 5) is 11.0. The molecule has 4 N–H and O–H groups in total. The topological polar surface area (TPSA) is 102 Å². The Hall–Kier alpha value is -3.17. The molecule has 0 fully saturated rings. The van der Waals surface area contributed by atoms with Crippen molar-refractivity contribution in [2.24, 2.45) is 5.11 Å². The van der Waals surface area contributed by atoms with E-state index in [0.717, 1.165) is 18.1 Å². The van der Waals surface area contributed by atoms with Gasteiger partial charge in [-0.2, -0.15) is 23.3 Å². The number of rotatable bonds is 5. The van der Waals surface area contributed by atoms with Gasteiger partial charge in [0.2, 0.25) is 5.95 Å². The van der Waals surface area contributed by atoms with Crippen LogP contribution in [0.15, 0.2) is 35.7 Å². The standard InChI is InChI=1S/C16H16F3N7/c1-8(16(17,18)19)24-15-23-7-11-10(6-22-14(11)25-15)9-3-4-12(26-20)13(5-9)21-2/h3-8,20-21H,1-2H3,(H2,22,23,24,25)/t8-/m0/s1. The van der Waals surface area contributed by atoms with Crippen LogP contribution in [0.5, 0.6) is 0 Å². The van der Waals surface area contributed by atoms with Crippen LogP contribution in [0.25, 0.3) is 22.2 Å². The van der Waals surface area contributed by atoms with E-state index in [4.69, 9.17) is 5.53 Å². The summed E-state index contributed by atoms with van der Waals surface area (Å²) >= 11 is 0. The van der Waals surface area contributed by atoms with E-state index in [1.807, 2.05) is 6.07 Å². The second-order valence-corrected chi connectivity index (χ2v) is 5.66. The second kappa shape index (κ2) is 6.62. The summed E-state index contributed by atoms with van der Waals surface area (Å²) in [5, 5.41) is 9.33. The van der Waals surface area contributed by atoms with E-state index < -0.39 is 12.2 Å². The predicted octanol–water partition coefficient (Wildman–Crippen LogP) is 4.69. The number of hydrogen-bond acceptors (Lipinski definition) is 6. The third-order valence-corrected chi connectivity index (χ3v) is 3.97. The number of nitrogens with one attached hydrogen (secondary N) is 4. The summed E-state index contributed by atoms with van der Waals surface area (Å²) in [5.41, 5.74) is 10.4. The average molecular weight is 363 g/mol. The first-order valence-electron chi connectivity index (χ1n) is 7.70. The van der Waals surface area contributed by atoms with E-state index in [2.05, 4.69) is 30.7 Å². The molecule has 2 heterocycles. The van der Waals surface area contributed by atoms with Crippen molar-refractivity contribution in [1.82, 2.24) is 15.0 Å². The van der Waals surface area contributed by atoms with Crippen molar-refractivity contribution < 1.29 is 13.2 Å². The summed E-state index contributed by atoms with van der Waals surface area (Å²) in [6.07, 6.45) is -1.20. The molecular formula is C16H16F3N7. The minimum Gasteiger partial charge on any atom is -0.386 e. The van der Waals surface area contributed by atoms with Crippen LogP contribution in [0.1, 0.15) is 6.92 Å². The van der Waals surface area contributed by atoms with E-state index in [0.29, 0.717) is 22.4 Å². The van der Waals surface area contributed by atoms with E-state index >= 15 is 0 Å². The maximum Gasteiger partial charge on any atom is 0.408 e. The molecule has 136 valence electrons. The van der Waals surface area contributed by atoms with Crippen LogP contribution < -0.4 is 10.6 Å². The lowest BCUT2D eigenvalue weighted by atomic mass is 10.1. The van der Waals surface area contributed by atoms with Crippen LogP contribution in [-0.4, -0.2) is 34.2 Å². The van der Waals surface area contributed by atoms with Crippen molar-refractivity contribution in [2.75, 3.05) is 17.7 Å². The van der Waals surface area contributed by atoms with Gasteiger partial charge < -0.3 is 15.6 Å². The summed E-state index contributed by atoms with van der Waals surface area (Å²) in [6.45, 7) is 1.01. The number of alkyl halides is 3. The van der Waals surface area contributed by atoms with Gasteiger partial charge in [-0.05, 0) is 24.6 Å². The molecule has 0 unspecified atom stereocenters. The number of benzene rings is 1. The molecule has 0 aliphatic rings. The molecule has 3 aromatic rings. The van der Waals surface area contributed by atoms with Gasteiger partial charge in [-0.1, -0.05) is 6.07 Å². The normalized spacial score (nSPS) is 12.8. The van der Waals surface area contributed by atoms with Gasteiger partial charge in [0.15, 0.2) is 0 Å². The maximum absolute atomic E-state index is 12.7. The largest absolute Gasteiger partial charge is 0.408 e. The highest BCUT2D eigenvalue weighted by molar-refractivity contribution is 5.94. The SMILES string of the molecule is CNc1cc(-c2c[nH]c3nc(N[C@@H](C)C(F)(F)F)ncc23)ccc1N=N. The monoisotopic (exact) mass is 363 g/mol. The number of fused-ring (bicyclic) bond motifs is 1. The van der Waals surface area contributed by atoms with Gasteiger partial charge >= 0.3 is 6.18 Å². The van der Waals surface area contributed by atoms with Crippen molar-refractivity contribution in [1.29, 1.82) is 5.53 Å². The lowest BCUT2D eigenvalue weighted by molar-refractivity contribution is -0.138. The summed E-state index contributed by atoms with van der Waals surface area (Å²) in [7, 11) is 1.73. The van der Waals surface area contributed by atoms with Crippen LogP contribution in [0.3, 0.4) is 0 Å². The van der Waals surface area contributed by atoms with Crippen molar-refractivity contribution in [2.45, 2.75) is 19.1 Å². The minimum absolute atomic E-state index is 0.102. The van der Waals surface area contributed by atoms with Crippen LogP contribution in [0, 0.1) is 5.53 Å². The molecule has 0 aliphatic carbocycles. The van der Waals surface area contributed by atoms with Gasteiger partial charge in [0.25, 0.3) is 0 Å². The summed E-state index contributed by atoms with van der Waals surface area (Å²) in [6, 6.07) is 3.57. The third kappa shape index (κ3) is 3.30. The van der Waals surface area contributed by atoms with Crippen molar-refractivity contribution >= 4 is 28.4 Å². The molecule has 7 nitrogen and oxygen atoms in total. The first-order valence-corrected chi connectivity index (χ1v) is 7.70. The van der Waals surface area contributed by atoms with Crippen molar-refractivity contribution in [3.8, 4) is 11.1 Å². The van der Waals surface area contributed by atoms with Crippen LogP contribution in [0.4, 0.5) is 30.5 Å². The Bertz CT molecular complexity index is 949. The molecule has 0 saturated carbocycles. The zero-order valence-electron chi connectivity index (χ0n) is 13.9. The summed E-state index contributed by atoms with van der Waals surface area (Å²) < 4.78 is 38.0. The van der Waals surface area contributed by atoms with E-state index in [9.17, 15) is 13.2 Å². The molecular weight excluding hydrogens is 347 g/mol. The Kier molecular flexibility index (Phi) is 4.49. The van der Waals surface area contributed by atoms with Gasteiger partial charge in [0, 0.05) is 30.4 Å². The number of aromatic nitrogens is 3. The fourth-order valence-electron chi connectivity index (χ4n) is 2.49. The van der Waals surface area contributed by atoms with Crippen LogP contribution in [-0.2, 0) is 0 Å². The molecule has 0 spiro atoms. The van der Waals surface area contributed by atoms with Gasteiger partial charge in [-0.3, -0.25) is 0 Å². The summed E-state index contributed by atoms with van der Waals surface area (Å²) in [5.74, 6) is -0.102. The fraction of sp³-hybridized carbons (Fsp3) is 0.250. The lowest BCUT2D eigenvalue weighted by Gasteiger charge is -2.16. The Morgan fingerprint density at radius 3 is 2.73 bits per heavy atom. The fourth-order valence-corrected chi connectivity index (χ4v) is 2.49. The zero-order chi connectivity index (χ0) is 18.9. The third-order valence-electron chi connectivity index (χ3n) is 3.97. The second-order valence-electron chi connectivity index (χ2n) is 5.66. The molecule has 0 amide bonds. The molecule has 0 aliphatic heterocycles. The molecule has 0 bridgehead atoms. The molecule has 2 aromatic heterocycles. The number of H-pyrrole nitrogens is 1.